The van der Waals surface area contributed by atoms with Gasteiger partial charge in [0.15, 0.2) is 0 Å². The summed E-state index contributed by atoms with van der Waals surface area (Å²) in [6.45, 7) is 3.87. The maximum absolute atomic E-state index is 12.1. The van der Waals surface area contributed by atoms with Crippen LogP contribution >= 0.6 is 27.5 Å². The van der Waals surface area contributed by atoms with Crippen LogP contribution < -0.4 is 5.56 Å². The number of fused-ring (bicyclic) bond motifs is 1. The minimum atomic E-state index is -0.131. The van der Waals surface area contributed by atoms with E-state index in [9.17, 15) is 4.79 Å². The first-order valence-electron chi connectivity index (χ1n) is 4.75. The van der Waals surface area contributed by atoms with Crippen LogP contribution in [0, 0.1) is 13.8 Å². The SMILES string of the molecule is Cc1cc(C)c2nc(Cl)n(C)c(=O)c2c1Br. The molecule has 1 aromatic heterocycles. The van der Waals surface area contributed by atoms with Gasteiger partial charge in [0.05, 0.1) is 10.9 Å². The minimum absolute atomic E-state index is 0.131. The molecule has 0 radical (unpaired) electrons. The highest BCUT2D eigenvalue weighted by Gasteiger charge is 2.13. The van der Waals surface area contributed by atoms with Crippen molar-refractivity contribution in [1.82, 2.24) is 9.55 Å². The molecule has 0 aliphatic carbocycles. The van der Waals surface area contributed by atoms with Crippen molar-refractivity contribution in [2.75, 3.05) is 0 Å². The van der Waals surface area contributed by atoms with E-state index in [1.165, 1.54) is 4.57 Å². The van der Waals surface area contributed by atoms with Crippen LogP contribution in [0.25, 0.3) is 10.9 Å². The molecule has 2 rings (SSSR count). The van der Waals surface area contributed by atoms with Gasteiger partial charge in [0.25, 0.3) is 5.56 Å². The number of halogens is 2. The standard InChI is InChI=1S/C11H10BrClN2O/c1-5-4-6(2)9-7(8(5)12)10(16)15(3)11(13)14-9/h4H,1-3H3. The summed E-state index contributed by atoms with van der Waals surface area (Å²) in [7, 11) is 1.61. The zero-order chi connectivity index (χ0) is 12.0. The van der Waals surface area contributed by atoms with Gasteiger partial charge in [0.1, 0.15) is 0 Å². The van der Waals surface area contributed by atoms with Crippen molar-refractivity contribution >= 4 is 38.4 Å². The average molecular weight is 302 g/mol. The molecule has 5 heteroatoms. The Balaban J connectivity index is 3.14. The molecule has 16 heavy (non-hydrogen) atoms. The lowest BCUT2D eigenvalue weighted by atomic mass is 10.1. The average Bonchev–Trinajstić information content (AvgIpc) is 2.22. The highest BCUT2D eigenvalue weighted by molar-refractivity contribution is 9.10. The summed E-state index contributed by atoms with van der Waals surface area (Å²) < 4.78 is 2.13. The van der Waals surface area contributed by atoms with Gasteiger partial charge in [0.2, 0.25) is 5.28 Å². The van der Waals surface area contributed by atoms with Crippen molar-refractivity contribution in [2.45, 2.75) is 13.8 Å². The van der Waals surface area contributed by atoms with Gasteiger partial charge in [-0.1, -0.05) is 6.07 Å². The van der Waals surface area contributed by atoms with E-state index in [2.05, 4.69) is 20.9 Å². The second-order valence-corrected chi connectivity index (χ2v) is 4.92. The Kier molecular flexibility index (Phi) is 2.80. The normalized spacial score (nSPS) is 11.1. The molecule has 0 spiro atoms. The Morgan fingerprint density at radius 3 is 2.62 bits per heavy atom. The molecule has 0 aliphatic heterocycles. The lowest BCUT2D eigenvalue weighted by Gasteiger charge is -2.09. The summed E-state index contributed by atoms with van der Waals surface area (Å²) in [5.74, 6) is 0. The number of nitrogens with zero attached hydrogens (tertiary/aromatic N) is 2. The fourth-order valence-electron chi connectivity index (χ4n) is 1.71. The molecule has 1 heterocycles. The molecule has 0 aliphatic rings. The molecule has 0 atom stereocenters. The molecule has 0 fully saturated rings. The molecule has 0 saturated heterocycles. The monoisotopic (exact) mass is 300 g/mol. The van der Waals surface area contributed by atoms with Gasteiger partial charge >= 0.3 is 0 Å². The zero-order valence-electron chi connectivity index (χ0n) is 9.14. The van der Waals surface area contributed by atoms with Crippen LogP contribution in [-0.4, -0.2) is 9.55 Å². The number of hydrogen-bond acceptors (Lipinski definition) is 2. The van der Waals surface area contributed by atoms with Crippen LogP contribution in [0.2, 0.25) is 5.28 Å². The van der Waals surface area contributed by atoms with Gasteiger partial charge in [-0.25, -0.2) is 4.98 Å². The third-order valence-electron chi connectivity index (χ3n) is 2.61. The maximum atomic E-state index is 12.1. The summed E-state index contributed by atoms with van der Waals surface area (Å²) in [6, 6.07) is 1.98. The predicted molar refractivity (Wildman–Crippen MR) is 69.2 cm³/mol. The van der Waals surface area contributed by atoms with E-state index in [1.807, 2.05) is 19.9 Å². The Labute approximate surface area is 106 Å². The van der Waals surface area contributed by atoms with Crippen LogP contribution in [0.5, 0.6) is 0 Å². The highest BCUT2D eigenvalue weighted by Crippen LogP contribution is 2.27. The van der Waals surface area contributed by atoms with E-state index in [0.29, 0.717) is 10.9 Å². The molecule has 0 bridgehead atoms. The van der Waals surface area contributed by atoms with E-state index < -0.39 is 0 Å². The Bertz CT molecular complexity index is 649. The first-order chi connectivity index (χ1) is 7.43. The van der Waals surface area contributed by atoms with Gasteiger partial charge in [-0.2, -0.15) is 0 Å². The zero-order valence-corrected chi connectivity index (χ0v) is 11.5. The number of hydrogen-bond donors (Lipinski definition) is 0. The fourth-order valence-corrected chi connectivity index (χ4v) is 2.35. The summed E-state index contributed by atoms with van der Waals surface area (Å²) in [6.07, 6.45) is 0. The van der Waals surface area contributed by atoms with E-state index in [4.69, 9.17) is 11.6 Å². The maximum Gasteiger partial charge on any atom is 0.263 e. The molecule has 0 unspecified atom stereocenters. The van der Waals surface area contributed by atoms with E-state index in [1.54, 1.807) is 7.05 Å². The molecule has 2 aromatic rings. The molecular weight excluding hydrogens is 291 g/mol. The van der Waals surface area contributed by atoms with E-state index in [0.717, 1.165) is 15.6 Å². The second-order valence-electron chi connectivity index (χ2n) is 3.79. The van der Waals surface area contributed by atoms with Crippen LogP contribution in [0.4, 0.5) is 0 Å². The quantitative estimate of drug-likeness (QED) is 0.701. The van der Waals surface area contributed by atoms with Gasteiger partial charge in [-0.15, -0.1) is 0 Å². The lowest BCUT2D eigenvalue weighted by Crippen LogP contribution is -2.19. The van der Waals surface area contributed by atoms with Crippen molar-refractivity contribution in [2.24, 2.45) is 7.05 Å². The third kappa shape index (κ3) is 1.57. The summed E-state index contributed by atoms with van der Waals surface area (Å²) in [5.41, 5.74) is 2.50. The topological polar surface area (TPSA) is 34.9 Å². The molecular formula is C11H10BrClN2O. The summed E-state index contributed by atoms with van der Waals surface area (Å²) in [5, 5.41) is 0.792. The van der Waals surface area contributed by atoms with Crippen LogP contribution in [0.15, 0.2) is 15.3 Å². The number of aromatic nitrogens is 2. The number of benzene rings is 1. The third-order valence-corrected chi connectivity index (χ3v) is 3.97. The van der Waals surface area contributed by atoms with E-state index in [-0.39, 0.29) is 10.8 Å². The van der Waals surface area contributed by atoms with Crippen LogP contribution in [0.1, 0.15) is 11.1 Å². The largest absolute Gasteiger partial charge is 0.286 e. The van der Waals surface area contributed by atoms with Crippen molar-refractivity contribution in [3.05, 3.63) is 37.3 Å². The molecule has 84 valence electrons. The highest BCUT2D eigenvalue weighted by atomic mass is 79.9. The molecule has 0 amide bonds. The lowest BCUT2D eigenvalue weighted by molar-refractivity contribution is 0.843. The molecule has 1 aromatic carbocycles. The Hall–Kier alpha value is -0.870. The van der Waals surface area contributed by atoms with Crippen molar-refractivity contribution in [1.29, 1.82) is 0 Å². The molecule has 0 saturated carbocycles. The van der Waals surface area contributed by atoms with Crippen LogP contribution in [-0.2, 0) is 7.05 Å². The first-order valence-corrected chi connectivity index (χ1v) is 5.92. The van der Waals surface area contributed by atoms with E-state index >= 15 is 0 Å². The molecule has 3 nitrogen and oxygen atoms in total. The Morgan fingerprint density at radius 2 is 2.00 bits per heavy atom. The second kappa shape index (κ2) is 3.86. The fraction of sp³-hybridized carbons (Fsp3) is 0.273. The van der Waals surface area contributed by atoms with Gasteiger partial charge in [0, 0.05) is 11.5 Å². The first kappa shape index (κ1) is 11.6. The predicted octanol–water partition coefficient (Wildman–Crippen LogP) is 2.97. The van der Waals surface area contributed by atoms with Crippen LogP contribution in [0.3, 0.4) is 0 Å². The van der Waals surface area contributed by atoms with Crippen molar-refractivity contribution in [3.8, 4) is 0 Å². The number of aryl methyl sites for hydroxylation is 2. The van der Waals surface area contributed by atoms with Crippen molar-refractivity contribution < 1.29 is 0 Å². The minimum Gasteiger partial charge on any atom is -0.286 e. The smallest absolute Gasteiger partial charge is 0.263 e. The number of rotatable bonds is 0. The summed E-state index contributed by atoms with van der Waals surface area (Å²) >= 11 is 9.32. The molecule has 0 N–H and O–H groups in total. The van der Waals surface area contributed by atoms with Gasteiger partial charge in [-0.05, 0) is 52.5 Å². The van der Waals surface area contributed by atoms with Gasteiger partial charge < -0.3 is 0 Å². The summed E-state index contributed by atoms with van der Waals surface area (Å²) in [4.78, 5) is 16.3. The Morgan fingerprint density at radius 1 is 1.38 bits per heavy atom. The van der Waals surface area contributed by atoms with Gasteiger partial charge in [-0.3, -0.25) is 9.36 Å². The van der Waals surface area contributed by atoms with Crippen molar-refractivity contribution in [3.63, 3.8) is 0 Å².